The summed E-state index contributed by atoms with van der Waals surface area (Å²) in [6.07, 6.45) is 3.80. The van der Waals surface area contributed by atoms with Gasteiger partial charge in [-0.05, 0) is 31.9 Å². The molecular weight excluding hydrogens is 298 g/mol. The van der Waals surface area contributed by atoms with Gasteiger partial charge in [0, 0.05) is 23.8 Å². The summed E-state index contributed by atoms with van der Waals surface area (Å²) >= 11 is 3.69. The van der Waals surface area contributed by atoms with Crippen molar-refractivity contribution in [3.8, 4) is 0 Å². The molecule has 0 aliphatic heterocycles. The molecule has 0 aliphatic rings. The molecule has 2 heteroatoms. The van der Waals surface area contributed by atoms with E-state index < -0.39 is 0 Å². The third-order valence-corrected chi connectivity index (χ3v) is 4.71. The number of hydrogen-bond acceptors (Lipinski definition) is 1. The number of unbranched alkanes of at least 4 members (excludes halogenated alkanes) is 1. The van der Waals surface area contributed by atoms with E-state index >= 15 is 0 Å². The topological polar surface area (TPSA) is 3.24 Å². The quantitative estimate of drug-likeness (QED) is 0.573. The maximum Gasteiger partial charge on any atom is 0.0112 e. The first kappa shape index (κ1) is 16.7. The molecule has 1 rings (SSSR count). The third kappa shape index (κ3) is 5.66. The average Bonchev–Trinajstić information content (AvgIpc) is 2.47. The van der Waals surface area contributed by atoms with Crippen molar-refractivity contribution in [2.75, 3.05) is 18.4 Å². The molecule has 0 saturated heterocycles. The van der Waals surface area contributed by atoms with Gasteiger partial charge in [-0.3, -0.25) is 0 Å². The standard InChI is InChI=1S/C17H28BrN/c1-4-6-12-19(15(3)5-2)14-17(13-18)16-10-8-7-9-11-16/h7-11,15,17H,4-6,12-14H2,1-3H3. The van der Waals surface area contributed by atoms with Crippen molar-refractivity contribution >= 4 is 15.9 Å². The first-order valence-electron chi connectivity index (χ1n) is 7.57. The summed E-state index contributed by atoms with van der Waals surface area (Å²) in [4.78, 5) is 2.66. The monoisotopic (exact) mass is 325 g/mol. The summed E-state index contributed by atoms with van der Waals surface area (Å²) in [6, 6.07) is 11.6. The number of nitrogens with zero attached hydrogens (tertiary/aromatic N) is 1. The Balaban J connectivity index is 2.69. The Bertz CT molecular complexity index is 325. The molecule has 1 nitrogen and oxygen atoms in total. The fourth-order valence-corrected chi connectivity index (χ4v) is 2.94. The van der Waals surface area contributed by atoms with Crippen LogP contribution in [0.3, 0.4) is 0 Å². The molecule has 0 amide bonds. The van der Waals surface area contributed by atoms with Crippen LogP contribution in [0.4, 0.5) is 0 Å². The Morgan fingerprint density at radius 1 is 1.16 bits per heavy atom. The largest absolute Gasteiger partial charge is 0.300 e. The molecule has 0 spiro atoms. The Hall–Kier alpha value is -0.340. The highest BCUT2D eigenvalue weighted by Gasteiger charge is 2.18. The van der Waals surface area contributed by atoms with E-state index in [0.717, 1.165) is 11.9 Å². The zero-order chi connectivity index (χ0) is 14.1. The SMILES string of the molecule is CCCCN(CC(CBr)c1ccccc1)C(C)CC. The molecule has 0 N–H and O–H groups in total. The molecule has 0 radical (unpaired) electrons. The number of benzene rings is 1. The average molecular weight is 326 g/mol. The minimum absolute atomic E-state index is 0.590. The maximum absolute atomic E-state index is 3.69. The van der Waals surface area contributed by atoms with E-state index in [1.807, 2.05) is 0 Å². The number of halogens is 1. The van der Waals surface area contributed by atoms with Gasteiger partial charge in [0.25, 0.3) is 0 Å². The van der Waals surface area contributed by atoms with Crippen LogP contribution < -0.4 is 0 Å². The Kier molecular flexibility index (Phi) is 8.40. The molecule has 0 fully saturated rings. The van der Waals surface area contributed by atoms with E-state index in [9.17, 15) is 0 Å². The maximum atomic E-state index is 3.69. The minimum atomic E-state index is 0.590. The Morgan fingerprint density at radius 3 is 2.37 bits per heavy atom. The zero-order valence-corrected chi connectivity index (χ0v) is 14.2. The van der Waals surface area contributed by atoms with Crippen LogP contribution in [0, 0.1) is 0 Å². The predicted molar refractivity (Wildman–Crippen MR) is 89.2 cm³/mol. The highest BCUT2D eigenvalue weighted by atomic mass is 79.9. The van der Waals surface area contributed by atoms with Crippen molar-refractivity contribution in [2.24, 2.45) is 0 Å². The molecular formula is C17H28BrN. The molecule has 1 aromatic carbocycles. The fraction of sp³-hybridized carbons (Fsp3) is 0.647. The molecule has 0 saturated carbocycles. The van der Waals surface area contributed by atoms with Crippen molar-refractivity contribution in [1.82, 2.24) is 4.90 Å². The van der Waals surface area contributed by atoms with Gasteiger partial charge in [0.15, 0.2) is 0 Å². The smallest absolute Gasteiger partial charge is 0.0112 e. The lowest BCUT2D eigenvalue weighted by Crippen LogP contribution is -2.37. The normalized spacial score (nSPS) is 14.6. The van der Waals surface area contributed by atoms with Crippen LogP contribution in [0.1, 0.15) is 51.5 Å². The van der Waals surface area contributed by atoms with Gasteiger partial charge in [0.2, 0.25) is 0 Å². The van der Waals surface area contributed by atoms with E-state index in [1.54, 1.807) is 0 Å². The molecule has 2 unspecified atom stereocenters. The Morgan fingerprint density at radius 2 is 1.84 bits per heavy atom. The van der Waals surface area contributed by atoms with Gasteiger partial charge in [0.1, 0.15) is 0 Å². The second-order valence-corrected chi connectivity index (χ2v) is 6.02. The van der Waals surface area contributed by atoms with Gasteiger partial charge < -0.3 is 4.90 Å². The zero-order valence-electron chi connectivity index (χ0n) is 12.6. The second-order valence-electron chi connectivity index (χ2n) is 5.37. The summed E-state index contributed by atoms with van der Waals surface area (Å²) in [5, 5.41) is 1.04. The first-order valence-corrected chi connectivity index (χ1v) is 8.70. The summed E-state index contributed by atoms with van der Waals surface area (Å²) < 4.78 is 0. The van der Waals surface area contributed by atoms with Crippen molar-refractivity contribution < 1.29 is 0 Å². The highest BCUT2D eigenvalue weighted by molar-refractivity contribution is 9.09. The van der Waals surface area contributed by atoms with Crippen LogP contribution in [0.25, 0.3) is 0 Å². The van der Waals surface area contributed by atoms with Gasteiger partial charge in [-0.2, -0.15) is 0 Å². The van der Waals surface area contributed by atoms with Gasteiger partial charge in [-0.15, -0.1) is 0 Å². The van der Waals surface area contributed by atoms with E-state index in [2.05, 4.69) is 71.9 Å². The van der Waals surface area contributed by atoms with Gasteiger partial charge in [0.05, 0.1) is 0 Å². The van der Waals surface area contributed by atoms with E-state index in [0.29, 0.717) is 12.0 Å². The molecule has 1 aromatic rings. The lowest BCUT2D eigenvalue weighted by molar-refractivity contribution is 0.192. The van der Waals surface area contributed by atoms with Crippen LogP contribution >= 0.6 is 15.9 Å². The van der Waals surface area contributed by atoms with Crippen LogP contribution in [0.5, 0.6) is 0 Å². The Labute approximate surface area is 127 Å². The predicted octanol–water partition coefficient (Wildman–Crippen LogP) is 5.07. The molecule has 2 atom stereocenters. The molecule has 0 bridgehead atoms. The third-order valence-electron chi connectivity index (χ3n) is 3.93. The summed E-state index contributed by atoms with van der Waals surface area (Å²) in [7, 11) is 0. The molecule has 0 aliphatic carbocycles. The minimum Gasteiger partial charge on any atom is -0.300 e. The van der Waals surface area contributed by atoms with Crippen LogP contribution in [-0.4, -0.2) is 29.4 Å². The molecule has 108 valence electrons. The second kappa shape index (κ2) is 9.55. The first-order chi connectivity index (χ1) is 9.22. The summed E-state index contributed by atoms with van der Waals surface area (Å²) in [6.45, 7) is 9.29. The van der Waals surface area contributed by atoms with Gasteiger partial charge in [-0.1, -0.05) is 66.5 Å². The van der Waals surface area contributed by atoms with E-state index in [1.165, 1.54) is 31.4 Å². The van der Waals surface area contributed by atoms with Crippen LogP contribution in [-0.2, 0) is 0 Å². The van der Waals surface area contributed by atoms with Gasteiger partial charge in [-0.25, -0.2) is 0 Å². The highest BCUT2D eigenvalue weighted by Crippen LogP contribution is 2.21. The van der Waals surface area contributed by atoms with E-state index in [4.69, 9.17) is 0 Å². The van der Waals surface area contributed by atoms with Crippen LogP contribution in [0.15, 0.2) is 30.3 Å². The number of alkyl halides is 1. The summed E-state index contributed by atoms with van der Waals surface area (Å²) in [5.74, 6) is 0.590. The van der Waals surface area contributed by atoms with E-state index in [-0.39, 0.29) is 0 Å². The lowest BCUT2D eigenvalue weighted by Gasteiger charge is -2.31. The van der Waals surface area contributed by atoms with Crippen molar-refractivity contribution in [3.63, 3.8) is 0 Å². The summed E-state index contributed by atoms with van der Waals surface area (Å²) in [5.41, 5.74) is 1.45. The lowest BCUT2D eigenvalue weighted by atomic mass is 9.99. The van der Waals surface area contributed by atoms with Crippen molar-refractivity contribution in [1.29, 1.82) is 0 Å². The van der Waals surface area contributed by atoms with Crippen molar-refractivity contribution in [3.05, 3.63) is 35.9 Å². The number of hydrogen-bond donors (Lipinski definition) is 0. The number of rotatable bonds is 9. The molecule has 19 heavy (non-hydrogen) atoms. The van der Waals surface area contributed by atoms with Crippen molar-refractivity contribution in [2.45, 2.75) is 52.0 Å². The molecule has 0 heterocycles. The fourth-order valence-electron chi connectivity index (χ4n) is 2.36. The molecule has 0 aromatic heterocycles. The van der Waals surface area contributed by atoms with Crippen LogP contribution in [0.2, 0.25) is 0 Å². The van der Waals surface area contributed by atoms with Gasteiger partial charge >= 0.3 is 0 Å².